The van der Waals surface area contributed by atoms with Gasteiger partial charge in [0, 0.05) is 25.7 Å². The number of benzene rings is 2. The molecule has 0 aliphatic heterocycles. The van der Waals surface area contributed by atoms with Gasteiger partial charge in [-0.15, -0.1) is 0 Å². The van der Waals surface area contributed by atoms with E-state index in [0.29, 0.717) is 6.42 Å². The topological polar surface area (TPSA) is 29.5 Å². The van der Waals surface area contributed by atoms with Crippen molar-refractivity contribution in [2.75, 3.05) is 25.6 Å². The summed E-state index contributed by atoms with van der Waals surface area (Å²) in [7, 11) is 3.47. The maximum atomic E-state index is 11.1. The number of carbonyl (C=O) groups excluding carboxylic acids is 1. The quantitative estimate of drug-likeness (QED) is 0.770. The Kier molecular flexibility index (Phi) is 4.39. The summed E-state index contributed by atoms with van der Waals surface area (Å²) in [5, 5.41) is 2.48. The molecule has 19 heavy (non-hydrogen) atoms. The Morgan fingerprint density at radius 2 is 1.89 bits per heavy atom. The van der Waals surface area contributed by atoms with Gasteiger partial charge in [-0.3, -0.25) is 4.79 Å². The van der Waals surface area contributed by atoms with Crippen LogP contribution in [0.3, 0.4) is 0 Å². The summed E-state index contributed by atoms with van der Waals surface area (Å²) in [6.45, 7) is 0.841. The van der Waals surface area contributed by atoms with Crippen LogP contribution < -0.4 is 4.90 Å². The zero-order valence-corrected chi connectivity index (χ0v) is 11.4. The summed E-state index contributed by atoms with van der Waals surface area (Å²) in [4.78, 5) is 13.2. The number of methoxy groups -OCH3 is 1. The molecule has 0 unspecified atom stereocenters. The Morgan fingerprint density at radius 1 is 1.16 bits per heavy atom. The molecular formula is C16H19NO2. The van der Waals surface area contributed by atoms with Crippen LogP contribution in [0.25, 0.3) is 10.8 Å². The lowest BCUT2D eigenvalue weighted by molar-refractivity contribution is -0.140. The van der Waals surface area contributed by atoms with Crippen molar-refractivity contribution in [1.82, 2.24) is 0 Å². The highest BCUT2D eigenvalue weighted by molar-refractivity contribution is 5.85. The fraction of sp³-hybridized carbons (Fsp3) is 0.312. The van der Waals surface area contributed by atoms with Crippen LogP contribution in [0.5, 0.6) is 0 Å². The molecule has 3 nitrogen and oxygen atoms in total. The standard InChI is InChI=1S/C16H19NO2/c1-17(11-5-8-16(18)19-2)15-10-9-13-6-3-4-7-14(13)12-15/h3-4,6-7,9-10,12H,5,8,11H2,1-2H3. The smallest absolute Gasteiger partial charge is 0.305 e. The highest BCUT2D eigenvalue weighted by atomic mass is 16.5. The van der Waals surface area contributed by atoms with Crippen molar-refractivity contribution in [3.63, 3.8) is 0 Å². The van der Waals surface area contributed by atoms with Crippen LogP contribution in [-0.4, -0.2) is 26.7 Å². The summed E-state index contributed by atoms with van der Waals surface area (Å²) < 4.78 is 4.64. The van der Waals surface area contributed by atoms with Gasteiger partial charge in [0.05, 0.1) is 7.11 Å². The van der Waals surface area contributed by atoms with Crippen LogP contribution in [0.4, 0.5) is 5.69 Å². The molecule has 2 rings (SSSR count). The minimum atomic E-state index is -0.146. The van der Waals surface area contributed by atoms with E-state index >= 15 is 0 Å². The van der Waals surface area contributed by atoms with E-state index in [0.717, 1.165) is 13.0 Å². The van der Waals surface area contributed by atoms with Crippen molar-refractivity contribution >= 4 is 22.4 Å². The van der Waals surface area contributed by atoms with E-state index < -0.39 is 0 Å². The van der Waals surface area contributed by atoms with Gasteiger partial charge in [0.1, 0.15) is 0 Å². The molecule has 0 amide bonds. The number of nitrogens with zero attached hydrogens (tertiary/aromatic N) is 1. The van der Waals surface area contributed by atoms with Gasteiger partial charge in [-0.2, -0.15) is 0 Å². The first kappa shape index (κ1) is 13.4. The summed E-state index contributed by atoms with van der Waals surface area (Å²) in [6, 6.07) is 14.7. The normalized spacial score (nSPS) is 10.4. The molecule has 0 saturated heterocycles. The monoisotopic (exact) mass is 257 g/mol. The van der Waals surface area contributed by atoms with Gasteiger partial charge < -0.3 is 9.64 Å². The second-order valence-corrected chi connectivity index (χ2v) is 4.63. The van der Waals surface area contributed by atoms with Gasteiger partial charge in [-0.05, 0) is 29.3 Å². The number of esters is 1. The van der Waals surface area contributed by atoms with Crippen molar-refractivity contribution in [3.05, 3.63) is 42.5 Å². The highest BCUT2D eigenvalue weighted by Gasteiger charge is 2.04. The van der Waals surface area contributed by atoms with Gasteiger partial charge in [0.15, 0.2) is 0 Å². The zero-order valence-electron chi connectivity index (χ0n) is 11.4. The van der Waals surface area contributed by atoms with Crippen molar-refractivity contribution in [2.45, 2.75) is 12.8 Å². The summed E-state index contributed by atoms with van der Waals surface area (Å²) in [5.41, 5.74) is 1.17. The van der Waals surface area contributed by atoms with E-state index in [9.17, 15) is 4.79 Å². The number of hydrogen-bond donors (Lipinski definition) is 0. The van der Waals surface area contributed by atoms with E-state index in [4.69, 9.17) is 0 Å². The predicted octanol–water partition coefficient (Wildman–Crippen LogP) is 3.23. The Morgan fingerprint density at radius 3 is 2.63 bits per heavy atom. The van der Waals surface area contributed by atoms with Crippen LogP contribution in [0.1, 0.15) is 12.8 Å². The van der Waals surface area contributed by atoms with E-state index in [1.54, 1.807) is 0 Å². The lowest BCUT2D eigenvalue weighted by Gasteiger charge is -2.19. The Bertz CT molecular complexity index is 565. The molecule has 3 heteroatoms. The molecule has 2 aromatic carbocycles. The van der Waals surface area contributed by atoms with E-state index in [1.165, 1.54) is 23.6 Å². The minimum absolute atomic E-state index is 0.146. The van der Waals surface area contributed by atoms with E-state index in [1.807, 2.05) is 19.2 Å². The third-order valence-electron chi connectivity index (χ3n) is 3.28. The zero-order chi connectivity index (χ0) is 13.7. The number of carbonyl (C=O) groups is 1. The Hall–Kier alpha value is -2.03. The third-order valence-corrected chi connectivity index (χ3v) is 3.28. The summed E-state index contributed by atoms with van der Waals surface area (Å²) in [6.07, 6.45) is 1.27. The van der Waals surface area contributed by atoms with Crippen LogP contribution in [-0.2, 0) is 9.53 Å². The Labute approximate surface area is 113 Å². The lowest BCUT2D eigenvalue weighted by atomic mass is 10.1. The number of rotatable bonds is 5. The van der Waals surface area contributed by atoms with Crippen molar-refractivity contribution < 1.29 is 9.53 Å². The second-order valence-electron chi connectivity index (χ2n) is 4.63. The average Bonchev–Trinajstić information content (AvgIpc) is 2.46. The highest BCUT2D eigenvalue weighted by Crippen LogP contribution is 2.21. The number of anilines is 1. The van der Waals surface area contributed by atoms with Gasteiger partial charge >= 0.3 is 5.97 Å². The number of ether oxygens (including phenoxy) is 1. The molecule has 0 heterocycles. The first-order valence-electron chi connectivity index (χ1n) is 6.47. The largest absolute Gasteiger partial charge is 0.469 e. The minimum Gasteiger partial charge on any atom is -0.469 e. The molecule has 0 aliphatic rings. The molecule has 0 saturated carbocycles. The molecular weight excluding hydrogens is 238 g/mol. The Balaban J connectivity index is 2.00. The average molecular weight is 257 g/mol. The number of hydrogen-bond acceptors (Lipinski definition) is 3. The first-order valence-corrected chi connectivity index (χ1v) is 6.47. The molecule has 100 valence electrons. The molecule has 0 fully saturated rings. The van der Waals surface area contributed by atoms with E-state index in [2.05, 4.69) is 40.0 Å². The van der Waals surface area contributed by atoms with Gasteiger partial charge in [-0.1, -0.05) is 30.3 Å². The lowest BCUT2D eigenvalue weighted by Crippen LogP contribution is -2.19. The maximum absolute atomic E-state index is 11.1. The molecule has 0 aromatic heterocycles. The second kappa shape index (κ2) is 6.23. The molecule has 0 atom stereocenters. The first-order chi connectivity index (χ1) is 9.20. The van der Waals surface area contributed by atoms with Crippen molar-refractivity contribution in [3.8, 4) is 0 Å². The predicted molar refractivity (Wildman–Crippen MR) is 78.5 cm³/mol. The molecule has 0 N–H and O–H groups in total. The maximum Gasteiger partial charge on any atom is 0.305 e. The van der Waals surface area contributed by atoms with Gasteiger partial charge in [-0.25, -0.2) is 0 Å². The van der Waals surface area contributed by atoms with Gasteiger partial charge in [0.2, 0.25) is 0 Å². The van der Waals surface area contributed by atoms with Crippen LogP contribution in [0.15, 0.2) is 42.5 Å². The fourth-order valence-corrected chi connectivity index (χ4v) is 2.11. The summed E-state index contributed by atoms with van der Waals surface area (Å²) >= 11 is 0. The SMILES string of the molecule is COC(=O)CCCN(C)c1ccc2ccccc2c1. The summed E-state index contributed by atoms with van der Waals surface area (Å²) in [5.74, 6) is -0.146. The van der Waals surface area contributed by atoms with Crippen molar-refractivity contribution in [2.24, 2.45) is 0 Å². The van der Waals surface area contributed by atoms with Crippen LogP contribution >= 0.6 is 0 Å². The van der Waals surface area contributed by atoms with Gasteiger partial charge in [0.25, 0.3) is 0 Å². The number of fused-ring (bicyclic) bond motifs is 1. The molecule has 0 radical (unpaired) electrons. The van der Waals surface area contributed by atoms with Crippen LogP contribution in [0, 0.1) is 0 Å². The van der Waals surface area contributed by atoms with E-state index in [-0.39, 0.29) is 5.97 Å². The third kappa shape index (κ3) is 3.47. The van der Waals surface area contributed by atoms with Crippen molar-refractivity contribution in [1.29, 1.82) is 0 Å². The molecule has 2 aromatic rings. The molecule has 0 spiro atoms. The van der Waals surface area contributed by atoms with Crippen LogP contribution in [0.2, 0.25) is 0 Å². The molecule has 0 aliphatic carbocycles. The molecule has 0 bridgehead atoms. The fourth-order valence-electron chi connectivity index (χ4n) is 2.11.